The number of hydrogen-bond acceptors (Lipinski definition) is 18. The molecule has 18 nitrogen and oxygen atoms in total. The lowest BCUT2D eigenvalue weighted by molar-refractivity contribution is -0.150. The third-order valence-corrected chi connectivity index (χ3v) is 19.2. The summed E-state index contributed by atoms with van der Waals surface area (Å²) in [5.41, 5.74) is 14.3. The third-order valence-electron chi connectivity index (χ3n) is 19.2. The van der Waals surface area contributed by atoms with Crippen molar-refractivity contribution in [1.29, 1.82) is 10.5 Å². The van der Waals surface area contributed by atoms with Crippen LogP contribution in [0.15, 0.2) is 24.8 Å². The molecule has 2 unspecified atom stereocenters. The van der Waals surface area contributed by atoms with Crippen molar-refractivity contribution < 1.29 is 57.3 Å². The number of nitrogens with zero attached hydrogens (tertiary/aromatic N) is 6. The zero-order valence-corrected chi connectivity index (χ0v) is 50.0. The van der Waals surface area contributed by atoms with Gasteiger partial charge in [0.25, 0.3) is 0 Å². The number of phenolic OH excluding ortho intramolecular Hbond substituents is 1. The molecule has 440 valence electrons. The van der Waals surface area contributed by atoms with Crippen LogP contribution >= 0.6 is 0 Å². The summed E-state index contributed by atoms with van der Waals surface area (Å²) in [6.07, 6.45) is 6.36. The Bertz CT molecular complexity index is 3380. The number of fused-ring (bicyclic) bond motifs is 18. The molecule has 8 aliphatic heterocycles. The maximum atomic E-state index is 12.7. The van der Waals surface area contributed by atoms with Gasteiger partial charge in [0.1, 0.15) is 54.9 Å². The summed E-state index contributed by atoms with van der Waals surface area (Å²) in [5, 5.41) is 33.0. The maximum absolute atomic E-state index is 12.7. The molecule has 0 spiro atoms. The van der Waals surface area contributed by atoms with Crippen LogP contribution in [0.2, 0.25) is 0 Å². The number of carbonyl (C=O) groups is 2. The Morgan fingerprint density at radius 1 is 0.627 bits per heavy atom. The molecular formula is C65H78N6O12. The number of aryl methyl sites for hydroxylation is 2. The lowest BCUT2D eigenvalue weighted by atomic mass is 9.71. The van der Waals surface area contributed by atoms with Gasteiger partial charge < -0.3 is 47.7 Å². The normalized spacial score (nSPS) is 25.8. The Morgan fingerprint density at radius 3 is 1.49 bits per heavy atom. The van der Waals surface area contributed by atoms with E-state index in [9.17, 15) is 25.2 Å². The molecule has 4 aromatic rings. The standard InChI is InChI=1S/C34H41N3O6.C31H37N3O6/c1-8-10-27(38)41-16-26-29-22(32(40-11-9-2)20(5)33-34(29)43-17-42-33)14-24-30-28-19(4)31(39-7)18(3)12-21(28)13-23(36(30)6)25(15-35)37(24)26;1-7-8-24(35)38-13-23-26-19(28(36)17(4)30-31(26)40-14-39-30)11-21-27-25-16(3)29(37-6)15(2)9-18(25)10-20(33(27)5)22(12-32)34(21)23/h9,12,23-26,30H,2,8,10-11,13-14,16-17H2,1,3-7H3;9,20-23,27,36H,7-8,10-11,13-14H2,1-6H3/t23-,24?,25-,26-,30-;20-,21?,22-,23-,27-/m00/s1. The molecule has 83 heavy (non-hydrogen) atoms. The number of likely N-dealkylation sites (N-methyl/N-ethyl adjacent to an activating group) is 2. The van der Waals surface area contributed by atoms with E-state index in [0.29, 0.717) is 73.7 Å². The van der Waals surface area contributed by atoms with Gasteiger partial charge >= 0.3 is 11.9 Å². The fraction of sp³-hybridized carbons (Fsp3) is 0.538. The monoisotopic (exact) mass is 1130 g/mol. The third kappa shape index (κ3) is 9.09. The van der Waals surface area contributed by atoms with Gasteiger partial charge in [0.2, 0.25) is 13.6 Å². The predicted molar refractivity (Wildman–Crippen MR) is 308 cm³/mol. The molecule has 0 aromatic heterocycles. The van der Waals surface area contributed by atoms with Gasteiger partial charge in [-0.3, -0.25) is 29.2 Å². The molecule has 2 fully saturated rings. The van der Waals surface area contributed by atoms with Crippen molar-refractivity contribution in [3.05, 3.63) is 103 Å². The number of nitriles is 2. The number of benzene rings is 4. The quantitative estimate of drug-likeness (QED) is 0.0981. The minimum absolute atomic E-state index is 0.0205. The summed E-state index contributed by atoms with van der Waals surface area (Å²) >= 11 is 0. The average molecular weight is 1140 g/mol. The second kappa shape index (κ2) is 22.7. The van der Waals surface area contributed by atoms with Gasteiger partial charge in [-0.15, -0.1) is 0 Å². The molecule has 2 saturated heterocycles. The molecule has 18 heteroatoms. The SMILES string of the molecule is C=CCOc1c(C)c2c(c3c1CC1[C@H]4c5c(cc(C)c(OC)c5C)C[C@@H]([C@H](C#N)N1[C@H]3COC(=O)CCC)N4C)OCO2.CCCC(=O)OC[C@H]1c2c(c(O)c(C)c3c2OCO3)CC2[C@H]3c4c(cc(C)c(OC)c4C)C[C@@H]([C@H](C#N)N21)N3C. The smallest absolute Gasteiger partial charge is 0.305 e. The Labute approximate surface area is 487 Å². The van der Waals surface area contributed by atoms with Crippen molar-refractivity contribution in [2.24, 2.45) is 0 Å². The molecule has 1 N–H and O–H groups in total. The summed E-state index contributed by atoms with van der Waals surface area (Å²) in [6, 6.07) is 7.48. The van der Waals surface area contributed by atoms with Crippen LogP contribution in [0.25, 0.3) is 0 Å². The Balaban J connectivity index is 0.000000174. The van der Waals surface area contributed by atoms with Crippen molar-refractivity contribution in [2.75, 3.05) is 61.7 Å². The zero-order valence-electron chi connectivity index (χ0n) is 50.0. The first kappa shape index (κ1) is 57.6. The van der Waals surface area contributed by atoms with Gasteiger partial charge in [0.05, 0.1) is 50.5 Å². The Hall–Kier alpha value is -7.22. The lowest BCUT2D eigenvalue weighted by Crippen LogP contribution is -2.68. The summed E-state index contributed by atoms with van der Waals surface area (Å²) in [4.78, 5) is 34.6. The summed E-state index contributed by atoms with van der Waals surface area (Å²) in [7, 11) is 7.67. The topological polar surface area (TPSA) is 198 Å². The molecule has 0 saturated carbocycles. The number of rotatable bonds is 13. The van der Waals surface area contributed by atoms with E-state index in [2.05, 4.69) is 92.2 Å². The Kier molecular flexibility index (Phi) is 15.8. The van der Waals surface area contributed by atoms with E-state index in [-0.39, 0.29) is 80.7 Å². The van der Waals surface area contributed by atoms with Gasteiger partial charge in [-0.2, -0.15) is 10.5 Å². The Morgan fingerprint density at radius 2 is 1.06 bits per heavy atom. The van der Waals surface area contributed by atoms with Crippen molar-refractivity contribution in [3.8, 4) is 58.1 Å². The predicted octanol–water partition coefficient (Wildman–Crippen LogP) is 9.20. The molecule has 0 amide bonds. The zero-order chi connectivity index (χ0) is 59.0. The number of ether oxygens (including phenoxy) is 9. The second-order valence-electron chi connectivity index (χ2n) is 23.5. The van der Waals surface area contributed by atoms with E-state index in [1.54, 1.807) is 20.3 Å². The van der Waals surface area contributed by atoms with Crippen LogP contribution in [0.5, 0.6) is 46.0 Å². The first-order valence-electron chi connectivity index (χ1n) is 29.3. The molecule has 8 aliphatic rings. The maximum Gasteiger partial charge on any atom is 0.305 e. The summed E-state index contributed by atoms with van der Waals surface area (Å²) in [6.45, 7) is 20.6. The highest BCUT2D eigenvalue weighted by Gasteiger charge is 2.59. The number of piperazine rings is 2. The molecule has 0 radical (unpaired) electrons. The van der Waals surface area contributed by atoms with Crippen LogP contribution in [-0.2, 0) is 44.7 Å². The fourth-order valence-electron chi connectivity index (χ4n) is 15.9. The highest BCUT2D eigenvalue weighted by Crippen LogP contribution is 2.60. The van der Waals surface area contributed by atoms with Gasteiger partial charge in [0.15, 0.2) is 23.0 Å². The average Bonchev–Trinajstić information content (AvgIpc) is 4.21. The van der Waals surface area contributed by atoms with Crippen LogP contribution in [-0.4, -0.2) is 135 Å². The first-order chi connectivity index (χ1) is 40.0. The van der Waals surface area contributed by atoms with Gasteiger partial charge in [-0.05, 0) is 139 Å². The number of aromatic hydroxyl groups is 1. The highest BCUT2D eigenvalue weighted by molar-refractivity contribution is 5.71. The minimum atomic E-state index is -0.478. The van der Waals surface area contributed by atoms with Crippen molar-refractivity contribution in [3.63, 3.8) is 0 Å². The van der Waals surface area contributed by atoms with E-state index in [1.807, 2.05) is 27.7 Å². The van der Waals surface area contributed by atoms with E-state index in [1.165, 1.54) is 22.3 Å². The fourth-order valence-corrected chi connectivity index (χ4v) is 15.9. The van der Waals surface area contributed by atoms with E-state index >= 15 is 0 Å². The molecule has 12 rings (SSSR count). The highest BCUT2D eigenvalue weighted by atomic mass is 16.7. The van der Waals surface area contributed by atoms with Crippen molar-refractivity contribution >= 4 is 11.9 Å². The van der Waals surface area contributed by atoms with Gasteiger partial charge in [0, 0.05) is 70.4 Å². The number of carbonyl (C=O) groups excluding carboxylic acids is 2. The lowest BCUT2D eigenvalue weighted by Gasteiger charge is -2.60. The van der Waals surface area contributed by atoms with Gasteiger partial charge in [-0.25, -0.2) is 0 Å². The summed E-state index contributed by atoms with van der Waals surface area (Å²) < 4.78 is 53.7. The molecule has 8 heterocycles. The van der Waals surface area contributed by atoms with Crippen LogP contribution in [0.4, 0.5) is 0 Å². The van der Waals surface area contributed by atoms with Crippen LogP contribution in [0.3, 0.4) is 0 Å². The molecule has 4 aromatic carbocycles. The largest absolute Gasteiger partial charge is 0.507 e. The number of methoxy groups -OCH3 is 2. The van der Waals surface area contributed by atoms with Crippen LogP contribution in [0, 0.1) is 64.2 Å². The molecule has 4 bridgehead atoms. The molecule has 10 atom stereocenters. The van der Waals surface area contributed by atoms with Crippen LogP contribution < -0.4 is 33.2 Å². The van der Waals surface area contributed by atoms with E-state index in [4.69, 9.17) is 42.6 Å². The summed E-state index contributed by atoms with van der Waals surface area (Å²) in [5.74, 6) is 4.57. The van der Waals surface area contributed by atoms with Crippen molar-refractivity contribution in [1.82, 2.24) is 19.6 Å². The molecule has 0 aliphatic carbocycles. The number of esters is 2. The minimum Gasteiger partial charge on any atom is -0.507 e. The van der Waals surface area contributed by atoms with Crippen molar-refractivity contribution in [2.45, 2.75) is 167 Å². The van der Waals surface area contributed by atoms with Gasteiger partial charge in [-0.1, -0.05) is 38.6 Å². The second-order valence-corrected chi connectivity index (χ2v) is 23.5. The molecular weight excluding hydrogens is 1060 g/mol. The van der Waals surface area contributed by atoms with Crippen LogP contribution in [0.1, 0.15) is 142 Å². The number of phenols is 1. The first-order valence-corrected chi connectivity index (χ1v) is 29.3. The number of hydrogen-bond donors (Lipinski definition) is 1. The van der Waals surface area contributed by atoms with E-state index < -0.39 is 24.2 Å². The van der Waals surface area contributed by atoms with E-state index in [0.717, 1.165) is 80.2 Å².